The van der Waals surface area contributed by atoms with Crippen LogP contribution in [0.1, 0.15) is 19.8 Å². The fraction of sp³-hybridized carbons (Fsp3) is 0.833. The summed E-state index contributed by atoms with van der Waals surface area (Å²) in [6, 6.07) is 0.838. The van der Waals surface area contributed by atoms with Gasteiger partial charge in [0.25, 0.3) is 0 Å². The molecule has 1 saturated carbocycles. The molecule has 41 valence electrons. The standard InChI is InChI=1S/C6H12N/c1-3-7(2)6-4-5-6/h6H,2-5H2,1H3. The van der Waals surface area contributed by atoms with Crippen LogP contribution in [0.3, 0.4) is 0 Å². The molecule has 0 spiro atoms. The SMILES string of the molecule is [CH2]N(CC)C1CC1. The highest BCUT2D eigenvalue weighted by Gasteiger charge is 2.24. The van der Waals surface area contributed by atoms with Crippen LogP contribution >= 0.6 is 0 Å². The third kappa shape index (κ3) is 1.16. The van der Waals surface area contributed by atoms with Crippen molar-refractivity contribution >= 4 is 0 Å². The Morgan fingerprint density at radius 2 is 2.29 bits per heavy atom. The van der Waals surface area contributed by atoms with Crippen LogP contribution in [-0.2, 0) is 0 Å². The molecule has 1 aliphatic rings. The van der Waals surface area contributed by atoms with E-state index in [0.29, 0.717) is 0 Å². The van der Waals surface area contributed by atoms with Gasteiger partial charge in [-0.3, -0.25) is 4.90 Å². The second-order valence-corrected chi connectivity index (χ2v) is 2.14. The maximum atomic E-state index is 3.85. The molecule has 7 heavy (non-hydrogen) atoms. The van der Waals surface area contributed by atoms with Gasteiger partial charge in [0, 0.05) is 13.1 Å². The van der Waals surface area contributed by atoms with Crippen LogP contribution in [0.15, 0.2) is 0 Å². The predicted octanol–water partition coefficient (Wildman–Crippen LogP) is 1.26. The zero-order valence-electron chi connectivity index (χ0n) is 4.85. The Balaban J connectivity index is 2.10. The number of nitrogens with zero attached hydrogens (tertiary/aromatic N) is 1. The third-order valence-electron chi connectivity index (χ3n) is 1.47. The molecule has 1 rings (SSSR count). The summed E-state index contributed by atoms with van der Waals surface area (Å²) in [4.78, 5) is 2.15. The molecule has 0 aromatic heterocycles. The topological polar surface area (TPSA) is 3.24 Å². The lowest BCUT2D eigenvalue weighted by Crippen LogP contribution is -2.16. The monoisotopic (exact) mass is 98.1 g/mol. The van der Waals surface area contributed by atoms with E-state index in [1.165, 1.54) is 12.8 Å². The average molecular weight is 98.2 g/mol. The van der Waals surface area contributed by atoms with Crippen molar-refractivity contribution in [1.82, 2.24) is 4.90 Å². The molecule has 1 heteroatoms. The van der Waals surface area contributed by atoms with Gasteiger partial charge in [0.15, 0.2) is 0 Å². The summed E-state index contributed by atoms with van der Waals surface area (Å²) in [6.07, 6.45) is 2.74. The van der Waals surface area contributed by atoms with Gasteiger partial charge in [-0.05, 0) is 19.4 Å². The van der Waals surface area contributed by atoms with Crippen molar-refractivity contribution in [2.45, 2.75) is 25.8 Å². The van der Waals surface area contributed by atoms with Crippen LogP contribution in [0.5, 0.6) is 0 Å². The van der Waals surface area contributed by atoms with Crippen LogP contribution in [0.4, 0.5) is 0 Å². The van der Waals surface area contributed by atoms with E-state index >= 15 is 0 Å². The summed E-state index contributed by atoms with van der Waals surface area (Å²) in [5.41, 5.74) is 0. The lowest BCUT2D eigenvalue weighted by molar-refractivity contribution is 0.381. The van der Waals surface area contributed by atoms with Gasteiger partial charge in [0.2, 0.25) is 0 Å². The zero-order valence-corrected chi connectivity index (χ0v) is 4.85. The van der Waals surface area contributed by atoms with Crippen LogP contribution in [0.2, 0.25) is 0 Å². The van der Waals surface area contributed by atoms with E-state index in [4.69, 9.17) is 0 Å². The van der Waals surface area contributed by atoms with Gasteiger partial charge < -0.3 is 0 Å². The highest BCUT2D eigenvalue weighted by molar-refractivity contribution is 4.82. The lowest BCUT2D eigenvalue weighted by atomic mass is 10.5. The predicted molar refractivity (Wildman–Crippen MR) is 30.8 cm³/mol. The van der Waals surface area contributed by atoms with Crippen LogP contribution in [0.25, 0.3) is 0 Å². The first-order valence-corrected chi connectivity index (χ1v) is 2.91. The van der Waals surface area contributed by atoms with Crippen molar-refractivity contribution in [3.8, 4) is 0 Å². The number of rotatable bonds is 2. The fourth-order valence-electron chi connectivity index (χ4n) is 0.698. The minimum atomic E-state index is 0.838. The van der Waals surface area contributed by atoms with E-state index in [1.807, 2.05) is 0 Å². The zero-order chi connectivity index (χ0) is 5.28. The van der Waals surface area contributed by atoms with Gasteiger partial charge in [-0.15, -0.1) is 0 Å². The molecule has 1 fully saturated rings. The molecule has 0 saturated heterocycles. The van der Waals surface area contributed by atoms with Crippen LogP contribution < -0.4 is 0 Å². The second kappa shape index (κ2) is 1.83. The fourth-order valence-corrected chi connectivity index (χ4v) is 0.698. The maximum Gasteiger partial charge on any atom is 0.0112 e. The first kappa shape index (κ1) is 5.10. The quantitative estimate of drug-likeness (QED) is 0.502. The molecule has 0 aliphatic heterocycles. The third-order valence-corrected chi connectivity index (χ3v) is 1.47. The number of hydrogen-bond acceptors (Lipinski definition) is 1. The first-order chi connectivity index (χ1) is 3.34. The van der Waals surface area contributed by atoms with Gasteiger partial charge in [0.05, 0.1) is 0 Å². The molecule has 1 aliphatic carbocycles. The van der Waals surface area contributed by atoms with Crippen molar-refractivity contribution in [3.05, 3.63) is 7.05 Å². The summed E-state index contributed by atoms with van der Waals surface area (Å²) >= 11 is 0. The Morgan fingerprint density at radius 1 is 1.71 bits per heavy atom. The Hall–Kier alpha value is -0.0400. The summed E-state index contributed by atoms with van der Waals surface area (Å²) in [5, 5.41) is 0. The van der Waals surface area contributed by atoms with Gasteiger partial charge >= 0.3 is 0 Å². The van der Waals surface area contributed by atoms with Crippen molar-refractivity contribution in [1.29, 1.82) is 0 Å². The van der Waals surface area contributed by atoms with Crippen molar-refractivity contribution in [2.75, 3.05) is 6.54 Å². The van der Waals surface area contributed by atoms with Gasteiger partial charge in [-0.25, -0.2) is 0 Å². The molecule has 0 heterocycles. The van der Waals surface area contributed by atoms with Crippen molar-refractivity contribution in [3.63, 3.8) is 0 Å². The van der Waals surface area contributed by atoms with Gasteiger partial charge in [-0.1, -0.05) is 6.92 Å². The highest BCUT2D eigenvalue weighted by Crippen LogP contribution is 2.25. The van der Waals surface area contributed by atoms with E-state index in [-0.39, 0.29) is 0 Å². The smallest absolute Gasteiger partial charge is 0.0112 e. The molecular weight excluding hydrogens is 86.1 g/mol. The molecule has 0 unspecified atom stereocenters. The molecule has 0 amide bonds. The Morgan fingerprint density at radius 3 is 2.43 bits per heavy atom. The Bertz CT molecular complexity index is 57.2. The van der Waals surface area contributed by atoms with Crippen LogP contribution in [-0.4, -0.2) is 17.5 Å². The van der Waals surface area contributed by atoms with E-state index in [2.05, 4.69) is 18.9 Å². The second-order valence-electron chi connectivity index (χ2n) is 2.14. The lowest BCUT2D eigenvalue weighted by Gasteiger charge is -2.09. The molecule has 0 N–H and O–H groups in total. The molecular formula is C6H12N. The van der Waals surface area contributed by atoms with E-state index in [0.717, 1.165) is 12.6 Å². The Labute approximate surface area is 45.3 Å². The Kier molecular flexibility index (Phi) is 1.33. The van der Waals surface area contributed by atoms with Gasteiger partial charge in [-0.2, -0.15) is 0 Å². The normalized spacial score (nSPS) is 21.0. The molecule has 0 atom stereocenters. The largest absolute Gasteiger partial charge is 0.299 e. The van der Waals surface area contributed by atoms with Crippen molar-refractivity contribution < 1.29 is 0 Å². The summed E-state index contributed by atoms with van der Waals surface area (Å²) in [6.45, 7) is 3.25. The highest BCUT2D eigenvalue weighted by atomic mass is 15.1. The van der Waals surface area contributed by atoms with E-state index < -0.39 is 0 Å². The first-order valence-electron chi connectivity index (χ1n) is 2.91. The van der Waals surface area contributed by atoms with E-state index in [9.17, 15) is 0 Å². The maximum absolute atomic E-state index is 3.85. The minimum absolute atomic E-state index is 0.838. The van der Waals surface area contributed by atoms with E-state index in [1.54, 1.807) is 0 Å². The molecule has 0 aromatic carbocycles. The minimum Gasteiger partial charge on any atom is -0.299 e. The summed E-state index contributed by atoms with van der Waals surface area (Å²) in [5.74, 6) is 0. The summed E-state index contributed by atoms with van der Waals surface area (Å²) < 4.78 is 0. The average Bonchev–Trinajstić information content (AvgIpc) is 2.44. The molecule has 0 bridgehead atoms. The molecule has 0 aromatic rings. The van der Waals surface area contributed by atoms with Gasteiger partial charge in [0.1, 0.15) is 0 Å². The molecule has 1 nitrogen and oxygen atoms in total. The number of hydrogen-bond donors (Lipinski definition) is 0. The van der Waals surface area contributed by atoms with Crippen LogP contribution in [0, 0.1) is 7.05 Å². The summed E-state index contributed by atoms with van der Waals surface area (Å²) in [7, 11) is 3.85. The van der Waals surface area contributed by atoms with Crippen molar-refractivity contribution in [2.24, 2.45) is 0 Å². The molecule has 1 radical (unpaired) electrons.